The van der Waals surface area contributed by atoms with Crippen molar-refractivity contribution in [2.24, 2.45) is 5.92 Å². The molecule has 2 rings (SSSR count). The quantitative estimate of drug-likeness (QED) is 0.409. The highest BCUT2D eigenvalue weighted by atomic mass is 19.1. The molecule has 1 fully saturated rings. The SMILES string of the molecule is CC.CC.CC.CCC(C)=N.CCOC.CCOCc1cc(OCC2CC2)ccc1F. The maximum absolute atomic E-state index is 13.4. The summed E-state index contributed by atoms with van der Waals surface area (Å²) in [4.78, 5) is 0. The lowest BCUT2D eigenvalue weighted by Crippen LogP contribution is -2.01. The van der Waals surface area contributed by atoms with Crippen molar-refractivity contribution >= 4 is 5.71 Å². The Morgan fingerprint density at radius 2 is 1.48 bits per heavy atom. The van der Waals surface area contributed by atoms with E-state index in [9.17, 15) is 4.39 Å². The van der Waals surface area contributed by atoms with E-state index in [1.165, 1.54) is 18.9 Å². The van der Waals surface area contributed by atoms with Gasteiger partial charge in [0, 0.05) is 31.6 Å². The Hall–Kier alpha value is -1.46. The Morgan fingerprint density at radius 3 is 1.84 bits per heavy atom. The van der Waals surface area contributed by atoms with Gasteiger partial charge in [-0.2, -0.15) is 0 Å². The van der Waals surface area contributed by atoms with E-state index in [1.54, 1.807) is 26.2 Å². The van der Waals surface area contributed by atoms with E-state index in [4.69, 9.17) is 14.9 Å². The zero-order valence-electron chi connectivity index (χ0n) is 22.4. The summed E-state index contributed by atoms with van der Waals surface area (Å²) < 4.78 is 28.7. The van der Waals surface area contributed by atoms with Gasteiger partial charge in [0.25, 0.3) is 0 Å². The van der Waals surface area contributed by atoms with E-state index in [1.807, 2.05) is 62.3 Å². The number of halogens is 1. The maximum Gasteiger partial charge on any atom is 0.128 e. The van der Waals surface area contributed by atoms with Gasteiger partial charge < -0.3 is 19.6 Å². The topological polar surface area (TPSA) is 51.5 Å². The number of benzene rings is 1. The Kier molecular flexibility index (Phi) is 36.6. The first-order chi connectivity index (χ1) is 15.0. The zero-order chi connectivity index (χ0) is 25.1. The first-order valence-corrected chi connectivity index (χ1v) is 12.0. The van der Waals surface area contributed by atoms with Crippen molar-refractivity contribution in [1.29, 1.82) is 5.41 Å². The summed E-state index contributed by atoms with van der Waals surface area (Å²) in [6.07, 6.45) is 3.40. The van der Waals surface area contributed by atoms with E-state index in [0.29, 0.717) is 24.7 Å². The molecular weight excluding hydrogens is 393 g/mol. The minimum atomic E-state index is -0.229. The van der Waals surface area contributed by atoms with Crippen molar-refractivity contribution in [3.63, 3.8) is 0 Å². The number of nitrogens with one attached hydrogen (secondary N) is 1. The molecule has 0 bridgehead atoms. The molecule has 0 amide bonds. The molecule has 1 aliphatic carbocycles. The maximum atomic E-state index is 13.4. The lowest BCUT2D eigenvalue weighted by molar-refractivity contribution is 0.131. The average molecular weight is 446 g/mol. The van der Waals surface area contributed by atoms with Crippen LogP contribution in [0.5, 0.6) is 5.75 Å². The average Bonchev–Trinajstić information content (AvgIpc) is 3.66. The lowest BCUT2D eigenvalue weighted by Gasteiger charge is -2.08. The van der Waals surface area contributed by atoms with Crippen LogP contribution < -0.4 is 4.74 Å². The van der Waals surface area contributed by atoms with Gasteiger partial charge >= 0.3 is 0 Å². The third kappa shape index (κ3) is 28.5. The molecule has 0 spiro atoms. The van der Waals surface area contributed by atoms with E-state index in [2.05, 4.69) is 4.74 Å². The number of rotatable bonds is 8. The van der Waals surface area contributed by atoms with Crippen molar-refractivity contribution in [3.05, 3.63) is 29.6 Å². The predicted molar refractivity (Wildman–Crippen MR) is 135 cm³/mol. The van der Waals surface area contributed by atoms with Gasteiger partial charge in [0.2, 0.25) is 0 Å². The van der Waals surface area contributed by atoms with Crippen LogP contribution >= 0.6 is 0 Å². The second kappa shape index (κ2) is 30.7. The molecule has 1 N–H and O–H groups in total. The monoisotopic (exact) mass is 445 g/mol. The van der Waals surface area contributed by atoms with Gasteiger partial charge in [0.1, 0.15) is 11.6 Å². The summed E-state index contributed by atoms with van der Waals surface area (Å²) in [5, 5.41) is 6.74. The summed E-state index contributed by atoms with van der Waals surface area (Å²) in [5.74, 6) is 1.22. The normalized spacial score (nSPS) is 10.6. The van der Waals surface area contributed by atoms with Crippen LogP contribution in [0.4, 0.5) is 4.39 Å². The second-order valence-electron chi connectivity index (χ2n) is 5.86. The van der Waals surface area contributed by atoms with Crippen LogP contribution in [-0.2, 0) is 16.1 Å². The second-order valence-corrected chi connectivity index (χ2v) is 5.86. The summed E-state index contributed by atoms with van der Waals surface area (Å²) in [6, 6.07) is 4.84. The highest BCUT2D eigenvalue weighted by molar-refractivity contribution is 5.78. The highest BCUT2D eigenvalue weighted by Crippen LogP contribution is 2.29. The molecule has 4 nitrogen and oxygen atoms in total. The van der Waals surface area contributed by atoms with Gasteiger partial charge in [0.05, 0.1) is 13.2 Å². The fourth-order valence-electron chi connectivity index (χ4n) is 1.46. The molecule has 1 aliphatic rings. The van der Waals surface area contributed by atoms with Crippen LogP contribution in [0.1, 0.15) is 94.1 Å². The number of hydrogen-bond acceptors (Lipinski definition) is 4. The summed E-state index contributed by atoms with van der Waals surface area (Å²) in [5.41, 5.74) is 1.32. The predicted octanol–water partition coefficient (Wildman–Crippen LogP) is 8.32. The molecule has 0 aromatic heterocycles. The third-order valence-corrected chi connectivity index (χ3v) is 3.48. The van der Waals surface area contributed by atoms with Gasteiger partial charge in [-0.25, -0.2) is 4.39 Å². The molecule has 1 saturated carbocycles. The van der Waals surface area contributed by atoms with Crippen LogP contribution in [0, 0.1) is 17.1 Å². The van der Waals surface area contributed by atoms with Crippen molar-refractivity contribution in [2.45, 2.75) is 95.1 Å². The minimum Gasteiger partial charge on any atom is -0.493 e. The molecule has 5 heteroatoms. The Bertz CT molecular complexity index is 476. The van der Waals surface area contributed by atoms with Crippen LogP contribution in [0.25, 0.3) is 0 Å². The van der Waals surface area contributed by atoms with Gasteiger partial charge in [-0.05, 0) is 64.2 Å². The largest absolute Gasteiger partial charge is 0.493 e. The fourth-order valence-corrected chi connectivity index (χ4v) is 1.46. The third-order valence-electron chi connectivity index (χ3n) is 3.48. The molecule has 0 unspecified atom stereocenters. The Labute approximate surface area is 193 Å². The summed E-state index contributed by atoms with van der Waals surface area (Å²) in [7, 11) is 1.68. The van der Waals surface area contributed by atoms with Gasteiger partial charge in [-0.3, -0.25) is 0 Å². The first-order valence-electron chi connectivity index (χ1n) is 12.0. The number of ether oxygens (including phenoxy) is 3. The van der Waals surface area contributed by atoms with Crippen molar-refractivity contribution in [1.82, 2.24) is 0 Å². The van der Waals surface area contributed by atoms with E-state index < -0.39 is 0 Å². The fraction of sp³-hybridized carbons (Fsp3) is 0.731. The molecule has 31 heavy (non-hydrogen) atoms. The number of methoxy groups -OCH3 is 1. The molecule has 1 aromatic carbocycles. The minimum absolute atomic E-state index is 0.229. The van der Waals surface area contributed by atoms with Gasteiger partial charge in [-0.1, -0.05) is 48.5 Å². The van der Waals surface area contributed by atoms with Crippen LogP contribution in [0.2, 0.25) is 0 Å². The first kappa shape index (κ1) is 36.9. The molecule has 0 atom stereocenters. The number of hydrogen-bond donors (Lipinski definition) is 1. The van der Waals surface area contributed by atoms with Crippen molar-refractivity contribution in [3.8, 4) is 5.75 Å². The smallest absolute Gasteiger partial charge is 0.128 e. The zero-order valence-corrected chi connectivity index (χ0v) is 22.4. The van der Waals surface area contributed by atoms with Crippen molar-refractivity contribution in [2.75, 3.05) is 26.9 Å². The van der Waals surface area contributed by atoms with Gasteiger partial charge in [-0.15, -0.1) is 0 Å². The molecule has 0 radical (unpaired) electrons. The molecule has 186 valence electrons. The van der Waals surface area contributed by atoms with E-state index >= 15 is 0 Å². The van der Waals surface area contributed by atoms with E-state index in [-0.39, 0.29) is 5.82 Å². The Balaban J connectivity index is -0.000000203. The molecule has 0 aliphatic heterocycles. The highest BCUT2D eigenvalue weighted by Gasteiger charge is 2.22. The standard InChI is InChI=1S/C13H17FO2.C4H9N.C3H8O.3C2H6/c1-2-15-9-11-7-12(5-6-13(11)14)16-8-10-3-4-10;1-3-4(2)5;1-3-4-2;3*1-2/h5-7,10H,2-4,8-9H2,1H3;5H,3H2,1-2H3;3H2,1-2H3;3*1-2H3. The molecular formula is C26H52FNO3. The van der Waals surface area contributed by atoms with Crippen LogP contribution in [0.15, 0.2) is 18.2 Å². The molecule has 0 heterocycles. The van der Waals surface area contributed by atoms with Crippen LogP contribution in [-0.4, -0.2) is 32.6 Å². The molecule has 1 aromatic rings. The van der Waals surface area contributed by atoms with Crippen molar-refractivity contribution < 1.29 is 18.6 Å². The summed E-state index contributed by atoms with van der Waals surface area (Å²) >= 11 is 0. The lowest BCUT2D eigenvalue weighted by atomic mass is 10.2. The van der Waals surface area contributed by atoms with Crippen LogP contribution in [0.3, 0.4) is 0 Å². The van der Waals surface area contributed by atoms with E-state index in [0.717, 1.165) is 31.1 Å². The van der Waals surface area contributed by atoms with Gasteiger partial charge in [0.15, 0.2) is 0 Å². The Morgan fingerprint density at radius 1 is 1.00 bits per heavy atom. The molecule has 0 saturated heterocycles. The summed E-state index contributed by atoms with van der Waals surface area (Å²) in [6.45, 7) is 22.1.